The summed E-state index contributed by atoms with van der Waals surface area (Å²) in [5.41, 5.74) is 2.12. The molecule has 0 aliphatic carbocycles. The molecule has 0 aliphatic heterocycles. The third kappa shape index (κ3) is 11.5. The molecule has 0 spiro atoms. The molecule has 4 aromatic rings. The maximum atomic E-state index is 8.36. The number of benzene rings is 2. The van der Waals surface area contributed by atoms with Crippen LogP contribution in [-0.4, -0.2) is 30.6 Å². The van der Waals surface area contributed by atoms with Crippen LogP contribution in [0.4, 0.5) is 0 Å². The minimum Gasteiger partial charge on any atom is -0.328 e. The molecule has 0 bridgehead atoms. The van der Waals surface area contributed by atoms with Crippen LogP contribution in [0, 0.1) is 20.2 Å². The molecule has 0 amide bonds. The minimum atomic E-state index is -1.50. The smallest absolute Gasteiger partial charge is 0.291 e. The van der Waals surface area contributed by atoms with E-state index >= 15 is 0 Å². The topological polar surface area (TPSA) is 153 Å². The molecule has 0 saturated heterocycles. The number of aromatic nitrogens is 2. The second kappa shape index (κ2) is 14.3. The van der Waals surface area contributed by atoms with Crippen LogP contribution < -0.4 is 0 Å². The van der Waals surface area contributed by atoms with E-state index in [4.69, 9.17) is 30.6 Å². The van der Waals surface area contributed by atoms with Crippen LogP contribution in [0.1, 0.15) is 0 Å². The molecule has 2 aromatic carbocycles. The average molecular weight is 448 g/mol. The Morgan fingerprint density at radius 2 is 0.897 bits per heavy atom. The Balaban J connectivity index is 0.000000391. The zero-order chi connectivity index (χ0) is 20.8. The van der Waals surface area contributed by atoms with Gasteiger partial charge < -0.3 is 10.4 Å². The molecule has 29 heavy (non-hydrogen) atoms. The molecular weight excluding hydrogens is 432 g/mol. The van der Waals surface area contributed by atoms with Crippen LogP contribution in [0.3, 0.4) is 0 Å². The summed E-state index contributed by atoms with van der Waals surface area (Å²) in [4.78, 5) is 25.1. The first-order valence-electron chi connectivity index (χ1n) is 7.66. The molecule has 2 N–H and O–H groups in total. The fourth-order valence-electron chi connectivity index (χ4n) is 2.03. The van der Waals surface area contributed by atoms with Crippen LogP contribution in [0.2, 0.25) is 0 Å². The van der Waals surface area contributed by atoms with Gasteiger partial charge in [0.15, 0.2) is 0 Å². The van der Waals surface area contributed by atoms with Crippen LogP contribution in [0.5, 0.6) is 0 Å². The van der Waals surface area contributed by atoms with E-state index in [9.17, 15) is 0 Å². The summed E-state index contributed by atoms with van der Waals surface area (Å²) in [6.07, 6.45) is 3.62. The number of fused-ring (bicyclic) bond motifs is 2. The largest absolute Gasteiger partial charge is 0.328 e. The van der Waals surface area contributed by atoms with Crippen molar-refractivity contribution in [1.29, 1.82) is 0 Å². The minimum absolute atomic E-state index is 0. The van der Waals surface area contributed by atoms with Gasteiger partial charge in [0, 0.05) is 40.2 Å². The predicted octanol–water partition coefficient (Wildman–Crippen LogP) is 3.77. The van der Waals surface area contributed by atoms with Crippen LogP contribution >= 0.6 is 0 Å². The van der Waals surface area contributed by atoms with Crippen LogP contribution in [0.15, 0.2) is 85.2 Å². The van der Waals surface area contributed by atoms with Gasteiger partial charge in [-0.3, -0.25) is 9.97 Å². The first kappa shape index (κ1) is 25.2. The molecule has 2 heterocycles. The Labute approximate surface area is 175 Å². The van der Waals surface area contributed by atoms with E-state index < -0.39 is 10.2 Å². The van der Waals surface area contributed by atoms with Crippen molar-refractivity contribution in [2.45, 2.75) is 0 Å². The van der Waals surface area contributed by atoms with Crippen molar-refractivity contribution >= 4 is 21.8 Å². The van der Waals surface area contributed by atoms with E-state index in [-0.39, 0.29) is 17.1 Å². The SMILES string of the molecule is O=[N+]([O-])O.O=[N+]([O-])O.[Cu].c1ccc2ncccc2c1.c1ccc2ncccc2c1. The Morgan fingerprint density at radius 1 is 0.621 bits per heavy atom. The fourth-order valence-corrected chi connectivity index (χ4v) is 2.03. The molecule has 1 radical (unpaired) electrons. The Hall–Kier alpha value is -3.82. The van der Waals surface area contributed by atoms with Gasteiger partial charge in [-0.15, -0.1) is 20.2 Å². The van der Waals surface area contributed by atoms with Gasteiger partial charge in [-0.2, -0.15) is 0 Å². The van der Waals surface area contributed by atoms with Crippen LogP contribution in [-0.2, 0) is 17.1 Å². The van der Waals surface area contributed by atoms with Crippen molar-refractivity contribution in [2.75, 3.05) is 0 Å². The second-order valence-electron chi connectivity index (χ2n) is 4.87. The summed E-state index contributed by atoms with van der Waals surface area (Å²) >= 11 is 0. The van der Waals surface area contributed by atoms with Crippen LogP contribution in [0.25, 0.3) is 21.8 Å². The maximum absolute atomic E-state index is 8.36. The van der Waals surface area contributed by atoms with E-state index in [2.05, 4.69) is 34.2 Å². The van der Waals surface area contributed by atoms with Gasteiger partial charge >= 0.3 is 0 Å². The van der Waals surface area contributed by atoms with Gasteiger partial charge in [-0.25, -0.2) is 0 Å². The van der Waals surface area contributed by atoms with Crippen molar-refractivity contribution in [3.63, 3.8) is 0 Å². The summed E-state index contributed by atoms with van der Waals surface area (Å²) in [6, 6.07) is 24.2. The molecule has 0 fully saturated rings. The third-order valence-corrected chi connectivity index (χ3v) is 3.02. The molecule has 0 aliphatic rings. The van der Waals surface area contributed by atoms with Gasteiger partial charge in [-0.05, 0) is 24.3 Å². The first-order valence-corrected chi connectivity index (χ1v) is 7.66. The van der Waals surface area contributed by atoms with Crippen molar-refractivity contribution < 1.29 is 37.7 Å². The Morgan fingerprint density at radius 3 is 1.21 bits per heavy atom. The monoisotopic (exact) mass is 447 g/mol. The summed E-state index contributed by atoms with van der Waals surface area (Å²) in [5, 5.41) is 29.7. The summed E-state index contributed by atoms with van der Waals surface area (Å²) in [5.74, 6) is 0. The Kier molecular flexibility index (Phi) is 12.4. The van der Waals surface area contributed by atoms with Gasteiger partial charge in [0.05, 0.1) is 11.0 Å². The number of hydrogen-bond donors (Lipinski definition) is 2. The molecule has 10 nitrogen and oxygen atoms in total. The predicted molar refractivity (Wildman–Crippen MR) is 101 cm³/mol. The van der Waals surface area contributed by atoms with Crippen molar-refractivity contribution in [2.24, 2.45) is 0 Å². The molecule has 0 atom stereocenters. The molecule has 4 rings (SSSR count). The fraction of sp³-hybridized carbons (Fsp3) is 0. The standard InChI is InChI=1S/2C9H7N.Cu.2HNO3/c2*1-2-6-9-8(4-1)5-3-7-10-9;;2*2-1(3)4/h2*1-7H;;2*(H,2,3,4). The number of hydrogen-bond acceptors (Lipinski definition) is 6. The molecule has 11 heteroatoms. The number of rotatable bonds is 0. The van der Waals surface area contributed by atoms with E-state index in [0.29, 0.717) is 0 Å². The average Bonchev–Trinajstić information content (AvgIpc) is 2.68. The number of para-hydroxylation sites is 2. The summed E-state index contributed by atoms with van der Waals surface area (Å²) < 4.78 is 0. The summed E-state index contributed by atoms with van der Waals surface area (Å²) in [7, 11) is 0. The van der Waals surface area contributed by atoms with Crippen molar-refractivity contribution in [3.05, 3.63) is 105 Å². The normalized spacial score (nSPS) is 8.55. The summed E-state index contributed by atoms with van der Waals surface area (Å²) in [6.45, 7) is 0. The number of pyridine rings is 2. The van der Waals surface area contributed by atoms with E-state index in [1.165, 1.54) is 10.8 Å². The molecular formula is C18H16CuN4O6. The maximum Gasteiger partial charge on any atom is 0.291 e. The molecule has 155 valence electrons. The van der Waals surface area contributed by atoms with E-state index in [1.807, 2.05) is 60.9 Å². The van der Waals surface area contributed by atoms with Gasteiger partial charge in [0.2, 0.25) is 0 Å². The zero-order valence-electron chi connectivity index (χ0n) is 14.7. The second-order valence-corrected chi connectivity index (χ2v) is 4.87. The third-order valence-electron chi connectivity index (χ3n) is 3.02. The quantitative estimate of drug-likeness (QED) is 0.234. The van der Waals surface area contributed by atoms with Gasteiger partial charge in [0.1, 0.15) is 0 Å². The van der Waals surface area contributed by atoms with Crippen molar-refractivity contribution in [1.82, 2.24) is 9.97 Å². The number of nitrogens with zero attached hydrogens (tertiary/aromatic N) is 4. The molecule has 2 aromatic heterocycles. The van der Waals surface area contributed by atoms with Gasteiger partial charge in [0.25, 0.3) is 10.2 Å². The molecule has 0 unspecified atom stereocenters. The van der Waals surface area contributed by atoms with Gasteiger partial charge in [-0.1, -0.05) is 48.5 Å². The molecule has 0 saturated carbocycles. The first-order chi connectivity index (χ1) is 13.4. The van der Waals surface area contributed by atoms with E-state index in [1.54, 1.807) is 0 Å². The Bertz CT molecular complexity index is 813. The zero-order valence-corrected chi connectivity index (χ0v) is 15.6. The van der Waals surface area contributed by atoms with E-state index in [0.717, 1.165) is 11.0 Å². The van der Waals surface area contributed by atoms with Crippen molar-refractivity contribution in [3.8, 4) is 0 Å².